The van der Waals surface area contributed by atoms with Crippen LogP contribution in [0, 0.1) is 0 Å². The molecule has 7 nitrogen and oxygen atoms in total. The average molecular weight is 524 g/mol. The van der Waals surface area contributed by atoms with Gasteiger partial charge in [-0.15, -0.1) is 0 Å². The molecule has 3 atom stereocenters. The van der Waals surface area contributed by atoms with Crippen molar-refractivity contribution in [1.82, 2.24) is 14.9 Å². The normalized spacial score (nSPS) is 26.0. The van der Waals surface area contributed by atoms with E-state index in [2.05, 4.69) is 14.9 Å². The molecule has 184 valence electrons. The van der Waals surface area contributed by atoms with Crippen LogP contribution in [0.2, 0.25) is 5.02 Å². The smallest absolute Gasteiger partial charge is 0.375 e. The van der Waals surface area contributed by atoms with E-state index in [1.807, 2.05) is 0 Å². The Balaban J connectivity index is 1.30. The Labute approximate surface area is 207 Å². The predicted molar refractivity (Wildman–Crippen MR) is 127 cm³/mol. The zero-order valence-corrected chi connectivity index (χ0v) is 20.2. The summed E-state index contributed by atoms with van der Waals surface area (Å²) in [5.41, 5.74) is 6.78. The Hall–Kier alpha value is -2.63. The lowest BCUT2D eigenvalue weighted by Gasteiger charge is -2.41. The molecule has 35 heavy (non-hydrogen) atoms. The number of benzene rings is 1. The molecule has 2 bridgehead atoms. The third-order valence-corrected chi connectivity index (χ3v) is 8.53. The van der Waals surface area contributed by atoms with Crippen LogP contribution in [-0.4, -0.2) is 52.1 Å². The molecular formula is C23H21ClF3N5O2S. The fraction of sp³-hybridized carbons (Fsp3) is 0.435. The monoisotopic (exact) mass is 523 g/mol. The van der Waals surface area contributed by atoms with Crippen LogP contribution in [0.25, 0.3) is 10.2 Å². The number of thiazole rings is 1. The number of ether oxygens (including phenoxy) is 1. The Bertz CT molecular complexity index is 1360. The van der Waals surface area contributed by atoms with Gasteiger partial charge in [-0.05, 0) is 36.6 Å². The zero-order valence-electron chi connectivity index (χ0n) is 18.6. The van der Waals surface area contributed by atoms with Gasteiger partial charge in [0.15, 0.2) is 10.7 Å². The lowest BCUT2D eigenvalue weighted by atomic mass is 9.89. The van der Waals surface area contributed by atoms with Crippen LogP contribution in [0.15, 0.2) is 24.5 Å². The summed E-state index contributed by atoms with van der Waals surface area (Å²) in [6, 6.07) is 1.61. The van der Waals surface area contributed by atoms with E-state index in [1.54, 1.807) is 24.2 Å². The van der Waals surface area contributed by atoms with Crippen molar-refractivity contribution in [3.63, 3.8) is 0 Å². The molecule has 2 aromatic heterocycles. The molecule has 1 aromatic carbocycles. The third-order valence-electron chi connectivity index (χ3n) is 7.29. The van der Waals surface area contributed by atoms with Crippen LogP contribution in [-0.2, 0) is 22.1 Å². The predicted octanol–water partition coefficient (Wildman–Crippen LogP) is 4.44. The number of aromatic nitrogens is 2. The van der Waals surface area contributed by atoms with Crippen LogP contribution >= 0.6 is 22.9 Å². The van der Waals surface area contributed by atoms with Crippen LogP contribution in [0.1, 0.15) is 36.1 Å². The number of pyridine rings is 1. The second-order valence-corrected chi connectivity index (χ2v) is 10.7. The fourth-order valence-electron chi connectivity index (χ4n) is 5.67. The summed E-state index contributed by atoms with van der Waals surface area (Å²) in [5, 5.41) is 0.475. The molecule has 0 saturated carbocycles. The number of hydrogen-bond acceptors (Lipinski definition) is 7. The number of fused-ring (bicyclic) bond motifs is 4. The lowest BCUT2D eigenvalue weighted by Crippen LogP contribution is -2.55. The molecular weight excluding hydrogens is 503 g/mol. The van der Waals surface area contributed by atoms with Crippen LogP contribution in [0.5, 0.6) is 0 Å². The summed E-state index contributed by atoms with van der Waals surface area (Å²) in [5.74, 6) is -0.166. The number of halogens is 4. The first kappa shape index (κ1) is 22.8. The molecule has 2 N–H and O–H groups in total. The molecule has 0 radical (unpaired) electrons. The number of rotatable bonds is 2. The second-order valence-electron chi connectivity index (χ2n) is 9.30. The molecule has 0 spiro atoms. The SMILES string of the molecule is C[C@H]1c2c(Cl)cc(C(F)(F)F)cc2CCN1C(=O)[C@@]12C[C@@H](CO1)N(c1cncc3nc(N)sc13)C2. The van der Waals surface area contributed by atoms with Gasteiger partial charge in [-0.1, -0.05) is 22.9 Å². The minimum Gasteiger partial charge on any atom is -0.375 e. The van der Waals surface area contributed by atoms with Gasteiger partial charge in [-0.3, -0.25) is 9.78 Å². The van der Waals surface area contributed by atoms with Gasteiger partial charge in [-0.2, -0.15) is 13.2 Å². The highest BCUT2D eigenvalue weighted by Gasteiger charge is 2.58. The van der Waals surface area contributed by atoms with E-state index < -0.39 is 23.4 Å². The van der Waals surface area contributed by atoms with E-state index in [4.69, 9.17) is 22.1 Å². The molecule has 5 heterocycles. The maximum Gasteiger partial charge on any atom is 0.416 e. The van der Waals surface area contributed by atoms with Gasteiger partial charge < -0.3 is 20.3 Å². The number of nitrogens with zero attached hydrogens (tertiary/aromatic N) is 4. The second kappa shape index (κ2) is 7.68. The van der Waals surface area contributed by atoms with Crippen molar-refractivity contribution in [3.8, 4) is 0 Å². The van der Waals surface area contributed by atoms with E-state index in [9.17, 15) is 18.0 Å². The largest absolute Gasteiger partial charge is 0.416 e. The molecule has 3 aliphatic heterocycles. The maximum absolute atomic E-state index is 13.9. The van der Waals surface area contributed by atoms with Gasteiger partial charge in [0.25, 0.3) is 5.91 Å². The fourth-order valence-corrected chi connectivity index (χ4v) is 6.90. The van der Waals surface area contributed by atoms with Gasteiger partial charge in [0.2, 0.25) is 0 Å². The van der Waals surface area contributed by atoms with Crippen molar-refractivity contribution in [3.05, 3.63) is 46.2 Å². The number of amides is 1. The van der Waals surface area contributed by atoms with E-state index in [0.717, 1.165) is 22.5 Å². The first-order valence-corrected chi connectivity index (χ1v) is 12.4. The van der Waals surface area contributed by atoms with Crippen molar-refractivity contribution in [2.24, 2.45) is 0 Å². The van der Waals surface area contributed by atoms with Gasteiger partial charge in [-0.25, -0.2) is 4.98 Å². The molecule has 6 rings (SSSR count). The van der Waals surface area contributed by atoms with Crippen LogP contribution in [0.4, 0.5) is 24.0 Å². The summed E-state index contributed by atoms with van der Waals surface area (Å²) in [6.45, 7) is 2.84. The lowest BCUT2D eigenvalue weighted by molar-refractivity contribution is -0.155. The van der Waals surface area contributed by atoms with Crippen molar-refractivity contribution in [1.29, 1.82) is 0 Å². The highest BCUT2D eigenvalue weighted by atomic mass is 35.5. The van der Waals surface area contributed by atoms with Gasteiger partial charge in [0.1, 0.15) is 5.52 Å². The topological polar surface area (TPSA) is 84.6 Å². The summed E-state index contributed by atoms with van der Waals surface area (Å²) >= 11 is 7.70. The standard InChI is InChI=1S/C23H21ClF3N5O2S/c1-11-18-12(4-13(5-15(18)24)23(25,26)27)2-3-31(11)20(33)22-6-14(9-34-22)32(10-22)17-8-29-7-16-19(17)35-21(28)30-16/h4-5,7-8,11,14H,2-3,6,9-10H2,1H3,(H2,28,30)/t11-,14-,22-/m0/s1. The molecule has 1 amide bonds. The number of anilines is 2. The Morgan fingerprint density at radius 1 is 1.34 bits per heavy atom. The van der Waals surface area contributed by atoms with Gasteiger partial charge in [0, 0.05) is 18.0 Å². The first-order valence-electron chi connectivity index (χ1n) is 11.2. The van der Waals surface area contributed by atoms with Gasteiger partial charge >= 0.3 is 6.18 Å². The first-order chi connectivity index (χ1) is 16.6. The van der Waals surface area contributed by atoms with Crippen LogP contribution in [0.3, 0.4) is 0 Å². The quantitative estimate of drug-likeness (QED) is 0.534. The van der Waals surface area contributed by atoms with E-state index in [-0.39, 0.29) is 17.0 Å². The molecule has 2 saturated heterocycles. The minimum atomic E-state index is -4.48. The summed E-state index contributed by atoms with van der Waals surface area (Å²) < 4.78 is 46.8. The van der Waals surface area contributed by atoms with E-state index in [1.165, 1.54) is 11.3 Å². The number of morpholine rings is 1. The summed E-state index contributed by atoms with van der Waals surface area (Å²) in [7, 11) is 0. The molecule has 0 aliphatic carbocycles. The zero-order chi connectivity index (χ0) is 24.7. The summed E-state index contributed by atoms with van der Waals surface area (Å²) in [6.07, 6.45) is -0.238. The number of nitrogens with two attached hydrogens (primary N) is 1. The van der Waals surface area contributed by atoms with Crippen LogP contribution < -0.4 is 10.6 Å². The average Bonchev–Trinajstić information content (AvgIpc) is 3.50. The van der Waals surface area contributed by atoms with Crippen molar-refractivity contribution in [2.75, 3.05) is 30.3 Å². The molecule has 3 aliphatic rings. The number of carbonyl (C=O) groups excluding carboxylic acids is 1. The minimum absolute atomic E-state index is 0.0000100. The van der Waals surface area contributed by atoms with E-state index >= 15 is 0 Å². The number of nitrogen functional groups attached to an aromatic ring is 1. The molecule has 12 heteroatoms. The number of hydrogen-bond donors (Lipinski definition) is 1. The molecule has 3 aromatic rings. The molecule has 0 unspecified atom stereocenters. The Morgan fingerprint density at radius 3 is 2.91 bits per heavy atom. The van der Waals surface area contributed by atoms with E-state index in [0.29, 0.717) is 54.3 Å². The Morgan fingerprint density at radius 2 is 2.14 bits per heavy atom. The van der Waals surface area contributed by atoms with Crippen molar-refractivity contribution >= 4 is 49.9 Å². The highest BCUT2D eigenvalue weighted by molar-refractivity contribution is 7.22. The molecule has 2 fully saturated rings. The van der Waals surface area contributed by atoms with Gasteiger partial charge in [0.05, 0.1) is 53.6 Å². The number of alkyl halides is 3. The third kappa shape index (κ3) is 3.47. The number of carbonyl (C=O) groups is 1. The van der Waals surface area contributed by atoms with Crippen molar-refractivity contribution < 1.29 is 22.7 Å². The Kier molecular flexibility index (Phi) is 5.01. The summed E-state index contributed by atoms with van der Waals surface area (Å²) in [4.78, 5) is 26.3. The highest BCUT2D eigenvalue weighted by Crippen LogP contribution is 2.46. The van der Waals surface area contributed by atoms with Crippen molar-refractivity contribution in [2.45, 2.75) is 43.6 Å². The maximum atomic E-state index is 13.9.